The molecule has 0 aromatic carbocycles. The van der Waals surface area contributed by atoms with Gasteiger partial charge in [-0.05, 0) is 37.5 Å². The van der Waals surface area contributed by atoms with Crippen LogP contribution in [-0.4, -0.2) is 17.1 Å². The summed E-state index contributed by atoms with van der Waals surface area (Å²) < 4.78 is 0. The van der Waals surface area contributed by atoms with E-state index < -0.39 is 5.97 Å². The number of carbonyl (C=O) groups is 1. The van der Waals surface area contributed by atoms with Gasteiger partial charge in [-0.25, -0.2) is 0 Å². The largest absolute Gasteiger partial charge is 0.481 e. The van der Waals surface area contributed by atoms with Crippen LogP contribution in [0.4, 0.5) is 0 Å². The van der Waals surface area contributed by atoms with Crippen LogP contribution in [0.15, 0.2) is 0 Å². The van der Waals surface area contributed by atoms with Gasteiger partial charge in [0.2, 0.25) is 0 Å². The van der Waals surface area contributed by atoms with Gasteiger partial charge in [0, 0.05) is 12.5 Å². The summed E-state index contributed by atoms with van der Waals surface area (Å²) in [5.41, 5.74) is 6.27. The number of hydrogen-bond donors (Lipinski definition) is 2. The molecule has 0 radical (unpaired) electrons. The molecule has 1 aliphatic rings. The lowest BCUT2D eigenvalue weighted by Gasteiger charge is -2.21. The molecule has 3 N–H and O–H groups in total. The van der Waals surface area contributed by atoms with Gasteiger partial charge in [0.1, 0.15) is 0 Å². The van der Waals surface area contributed by atoms with E-state index in [0.29, 0.717) is 12.5 Å². The Kier molecular flexibility index (Phi) is 14.8. The Labute approximate surface area is 155 Å². The first kappa shape index (κ1) is 23.7. The SMILES string of the molecule is CCCCCC(N)CC[C@H]1CCC[C@@H]1CCCCCCC(=O)O.Cl. The van der Waals surface area contributed by atoms with E-state index >= 15 is 0 Å². The molecule has 0 aromatic heterocycles. The van der Waals surface area contributed by atoms with Crippen LogP contribution in [0.3, 0.4) is 0 Å². The highest BCUT2D eigenvalue weighted by atomic mass is 35.5. The summed E-state index contributed by atoms with van der Waals surface area (Å²) in [5.74, 6) is 1.17. The van der Waals surface area contributed by atoms with Gasteiger partial charge in [-0.2, -0.15) is 0 Å². The highest BCUT2D eigenvalue weighted by molar-refractivity contribution is 5.85. The Balaban J connectivity index is 0.00000529. The van der Waals surface area contributed by atoms with Crippen molar-refractivity contribution in [2.45, 2.75) is 109 Å². The molecule has 1 saturated carbocycles. The highest BCUT2D eigenvalue weighted by Gasteiger charge is 2.26. The van der Waals surface area contributed by atoms with E-state index in [4.69, 9.17) is 10.8 Å². The first-order chi connectivity index (χ1) is 11.1. The lowest BCUT2D eigenvalue weighted by atomic mass is 9.86. The third-order valence-corrected chi connectivity index (χ3v) is 5.62. The summed E-state index contributed by atoms with van der Waals surface area (Å²) in [4.78, 5) is 10.5. The van der Waals surface area contributed by atoms with Gasteiger partial charge in [0.15, 0.2) is 0 Å². The van der Waals surface area contributed by atoms with Gasteiger partial charge in [0.05, 0.1) is 0 Å². The number of aliphatic carboxylic acids is 1. The number of halogens is 1. The number of unbranched alkanes of at least 4 members (excludes halogenated alkanes) is 5. The summed E-state index contributed by atoms with van der Waals surface area (Å²) in [6, 6.07) is 0.416. The second-order valence-corrected chi connectivity index (χ2v) is 7.63. The van der Waals surface area contributed by atoms with Crippen LogP contribution in [0.2, 0.25) is 0 Å². The molecule has 144 valence electrons. The zero-order chi connectivity index (χ0) is 16.9. The van der Waals surface area contributed by atoms with Crippen LogP contribution in [0.1, 0.15) is 103 Å². The topological polar surface area (TPSA) is 63.3 Å². The van der Waals surface area contributed by atoms with Crippen molar-refractivity contribution < 1.29 is 9.90 Å². The van der Waals surface area contributed by atoms with Crippen molar-refractivity contribution in [2.75, 3.05) is 0 Å². The molecule has 0 aromatic rings. The maximum absolute atomic E-state index is 10.5. The number of nitrogens with two attached hydrogens (primary N) is 1. The summed E-state index contributed by atoms with van der Waals surface area (Å²) >= 11 is 0. The van der Waals surface area contributed by atoms with E-state index in [0.717, 1.165) is 24.7 Å². The molecule has 0 amide bonds. The predicted molar refractivity (Wildman–Crippen MR) is 105 cm³/mol. The average molecular weight is 362 g/mol. The Morgan fingerprint density at radius 1 is 1.00 bits per heavy atom. The number of carboxylic acid groups (broad SMARTS) is 1. The van der Waals surface area contributed by atoms with Crippen molar-refractivity contribution in [1.82, 2.24) is 0 Å². The molecule has 1 aliphatic carbocycles. The quantitative estimate of drug-likeness (QED) is 0.376. The molecule has 0 bridgehead atoms. The van der Waals surface area contributed by atoms with Crippen LogP contribution in [-0.2, 0) is 4.79 Å². The molecule has 0 heterocycles. The van der Waals surface area contributed by atoms with E-state index in [-0.39, 0.29) is 12.4 Å². The fourth-order valence-corrected chi connectivity index (χ4v) is 4.14. The van der Waals surface area contributed by atoms with Crippen molar-refractivity contribution in [1.29, 1.82) is 0 Å². The van der Waals surface area contributed by atoms with Crippen LogP contribution in [0.5, 0.6) is 0 Å². The van der Waals surface area contributed by atoms with Crippen molar-refractivity contribution in [3.05, 3.63) is 0 Å². The van der Waals surface area contributed by atoms with E-state index in [1.165, 1.54) is 77.0 Å². The van der Waals surface area contributed by atoms with Crippen molar-refractivity contribution >= 4 is 18.4 Å². The summed E-state index contributed by atoms with van der Waals surface area (Å²) in [5, 5.41) is 8.64. The van der Waals surface area contributed by atoms with Gasteiger partial charge >= 0.3 is 5.97 Å². The van der Waals surface area contributed by atoms with Crippen molar-refractivity contribution in [3.8, 4) is 0 Å². The molecule has 1 fully saturated rings. The molecule has 3 nitrogen and oxygen atoms in total. The van der Waals surface area contributed by atoms with E-state index in [1.54, 1.807) is 0 Å². The lowest BCUT2D eigenvalue weighted by molar-refractivity contribution is -0.137. The van der Waals surface area contributed by atoms with Crippen molar-refractivity contribution in [2.24, 2.45) is 17.6 Å². The molecule has 0 aliphatic heterocycles. The molecule has 0 saturated heterocycles. The normalized spacial score (nSPS) is 21.4. The number of carboxylic acids is 1. The number of rotatable bonds is 14. The van der Waals surface area contributed by atoms with Crippen LogP contribution >= 0.6 is 12.4 Å². The zero-order valence-corrected chi connectivity index (χ0v) is 16.5. The Morgan fingerprint density at radius 2 is 1.67 bits per heavy atom. The maximum atomic E-state index is 10.5. The summed E-state index contributed by atoms with van der Waals surface area (Å²) in [7, 11) is 0. The predicted octanol–water partition coefficient (Wildman–Crippen LogP) is 5.94. The minimum absolute atomic E-state index is 0. The smallest absolute Gasteiger partial charge is 0.303 e. The molecule has 1 unspecified atom stereocenters. The Bertz CT molecular complexity index is 312. The van der Waals surface area contributed by atoms with E-state index in [9.17, 15) is 4.79 Å². The third kappa shape index (κ3) is 11.3. The lowest BCUT2D eigenvalue weighted by Crippen LogP contribution is -2.21. The van der Waals surface area contributed by atoms with Crippen molar-refractivity contribution in [3.63, 3.8) is 0 Å². The summed E-state index contributed by atoms with van der Waals surface area (Å²) in [6.07, 6.45) is 17.9. The monoisotopic (exact) mass is 361 g/mol. The maximum Gasteiger partial charge on any atom is 0.303 e. The van der Waals surface area contributed by atoms with E-state index in [2.05, 4.69) is 6.92 Å². The first-order valence-corrected chi connectivity index (χ1v) is 10.1. The summed E-state index contributed by atoms with van der Waals surface area (Å²) in [6.45, 7) is 2.25. The molecule has 3 atom stereocenters. The zero-order valence-electron chi connectivity index (χ0n) is 15.7. The minimum Gasteiger partial charge on any atom is -0.481 e. The van der Waals surface area contributed by atoms with E-state index in [1.807, 2.05) is 0 Å². The molecule has 24 heavy (non-hydrogen) atoms. The minimum atomic E-state index is -0.656. The van der Waals surface area contributed by atoms with Gasteiger partial charge in [-0.1, -0.05) is 71.1 Å². The van der Waals surface area contributed by atoms with Crippen LogP contribution in [0, 0.1) is 11.8 Å². The number of hydrogen-bond acceptors (Lipinski definition) is 2. The van der Waals surface area contributed by atoms with Gasteiger partial charge in [-0.15, -0.1) is 12.4 Å². The fraction of sp³-hybridized carbons (Fsp3) is 0.950. The molecular weight excluding hydrogens is 322 g/mol. The van der Waals surface area contributed by atoms with Gasteiger partial charge in [-0.3, -0.25) is 4.79 Å². The molecular formula is C20H40ClNO2. The molecule has 4 heteroatoms. The van der Waals surface area contributed by atoms with Gasteiger partial charge < -0.3 is 10.8 Å². The Hall–Kier alpha value is -0.280. The first-order valence-electron chi connectivity index (χ1n) is 10.1. The van der Waals surface area contributed by atoms with Gasteiger partial charge in [0.25, 0.3) is 0 Å². The third-order valence-electron chi connectivity index (χ3n) is 5.62. The molecule has 1 rings (SSSR count). The Morgan fingerprint density at radius 3 is 2.33 bits per heavy atom. The van der Waals surface area contributed by atoms with Crippen LogP contribution in [0.25, 0.3) is 0 Å². The van der Waals surface area contributed by atoms with Crippen LogP contribution < -0.4 is 5.73 Å². The highest BCUT2D eigenvalue weighted by Crippen LogP contribution is 2.38. The fourth-order valence-electron chi connectivity index (χ4n) is 4.14. The second-order valence-electron chi connectivity index (χ2n) is 7.63. The standard InChI is InChI=1S/C20H39NO2.ClH/c1-2-3-6-13-19(21)16-15-18-12-9-11-17(18)10-7-4-5-8-14-20(22)23;/h17-19H,2-16,21H2,1H3,(H,22,23);1H/t17-,18+,19?;/m0./s1. The second kappa shape index (κ2) is 15.0. The molecule has 0 spiro atoms. The average Bonchev–Trinajstić information content (AvgIpc) is 2.96.